The van der Waals surface area contributed by atoms with Gasteiger partial charge in [-0.2, -0.15) is 0 Å². The Morgan fingerprint density at radius 1 is 1.14 bits per heavy atom. The van der Waals surface area contributed by atoms with Gasteiger partial charge in [-0.1, -0.05) is 54.3 Å². The molecule has 22 heavy (non-hydrogen) atoms. The molecular weight excluding hydrogens is 281 g/mol. The molecule has 1 aliphatic heterocycles. The van der Waals surface area contributed by atoms with Crippen molar-refractivity contribution < 1.29 is 14.2 Å². The van der Waals surface area contributed by atoms with E-state index in [0.29, 0.717) is 6.61 Å². The minimum atomic E-state index is -1.16. The van der Waals surface area contributed by atoms with Crippen molar-refractivity contribution in [2.24, 2.45) is 4.99 Å². The number of hydrogen-bond acceptors (Lipinski definition) is 3. The van der Waals surface area contributed by atoms with Crippen LogP contribution in [-0.2, 0) is 4.74 Å². The summed E-state index contributed by atoms with van der Waals surface area (Å²) in [5, 5.41) is 10.0. The summed E-state index contributed by atoms with van der Waals surface area (Å²) in [4.78, 5) is 4.34. The van der Waals surface area contributed by atoms with Gasteiger partial charge in [0.2, 0.25) is 5.90 Å². The fraction of sp³-hybridized carbons (Fsp3) is 0.167. The molecule has 0 aliphatic carbocycles. The molecule has 0 radical (unpaired) electrons. The standard InChI is InChI=1S/C18H14FNO2/c19-15-9-5-4-6-13(15)10-11-17(21)18-20-16(12-22-18)14-7-2-1-3-8-14/h1-9,16-17,21H,12H2/t16-,17?/m0/s1. The molecule has 1 unspecified atom stereocenters. The van der Waals surface area contributed by atoms with E-state index in [1.54, 1.807) is 18.2 Å². The maximum atomic E-state index is 13.5. The van der Waals surface area contributed by atoms with Gasteiger partial charge in [-0.25, -0.2) is 9.38 Å². The predicted octanol–water partition coefficient (Wildman–Crippen LogP) is 2.71. The lowest BCUT2D eigenvalue weighted by molar-refractivity contribution is 0.236. The third-order valence-corrected chi connectivity index (χ3v) is 3.31. The Bertz CT molecular complexity index is 746. The Morgan fingerprint density at radius 3 is 2.64 bits per heavy atom. The number of rotatable bonds is 2. The fourth-order valence-electron chi connectivity index (χ4n) is 2.16. The molecular formula is C18H14FNO2. The summed E-state index contributed by atoms with van der Waals surface area (Å²) in [7, 11) is 0. The van der Waals surface area contributed by atoms with Crippen molar-refractivity contribution >= 4 is 5.90 Å². The second-order valence-electron chi connectivity index (χ2n) is 4.86. The van der Waals surface area contributed by atoms with Crippen LogP contribution < -0.4 is 0 Å². The van der Waals surface area contributed by atoms with Gasteiger partial charge < -0.3 is 9.84 Å². The van der Waals surface area contributed by atoms with Crippen LogP contribution in [0.2, 0.25) is 0 Å². The summed E-state index contributed by atoms with van der Waals surface area (Å²) < 4.78 is 18.9. The molecule has 3 rings (SSSR count). The Morgan fingerprint density at radius 2 is 1.86 bits per heavy atom. The highest BCUT2D eigenvalue weighted by atomic mass is 19.1. The predicted molar refractivity (Wildman–Crippen MR) is 81.9 cm³/mol. The van der Waals surface area contributed by atoms with Crippen LogP contribution in [0.3, 0.4) is 0 Å². The zero-order valence-corrected chi connectivity index (χ0v) is 11.7. The first-order chi connectivity index (χ1) is 10.7. The summed E-state index contributed by atoms with van der Waals surface area (Å²) in [6, 6.07) is 15.7. The largest absolute Gasteiger partial charge is 0.476 e. The first-order valence-corrected chi connectivity index (χ1v) is 6.93. The molecule has 0 saturated carbocycles. The van der Waals surface area contributed by atoms with Gasteiger partial charge in [0.05, 0.1) is 5.56 Å². The molecule has 1 N–H and O–H groups in total. The van der Waals surface area contributed by atoms with Gasteiger partial charge in [-0.05, 0) is 17.7 Å². The minimum Gasteiger partial charge on any atom is -0.476 e. The molecule has 0 bridgehead atoms. The number of benzene rings is 2. The number of aliphatic imine (C=N–C) groups is 1. The number of halogens is 1. The lowest BCUT2D eigenvalue weighted by Gasteiger charge is -2.03. The van der Waals surface area contributed by atoms with Crippen molar-refractivity contribution in [1.29, 1.82) is 0 Å². The highest BCUT2D eigenvalue weighted by Gasteiger charge is 2.24. The van der Waals surface area contributed by atoms with Gasteiger partial charge in [-0.15, -0.1) is 0 Å². The first-order valence-electron chi connectivity index (χ1n) is 6.93. The van der Waals surface area contributed by atoms with E-state index in [9.17, 15) is 9.50 Å². The molecule has 0 saturated heterocycles. The molecule has 1 heterocycles. The van der Waals surface area contributed by atoms with Crippen LogP contribution >= 0.6 is 0 Å². The molecule has 0 fully saturated rings. The van der Waals surface area contributed by atoms with E-state index >= 15 is 0 Å². The van der Waals surface area contributed by atoms with Gasteiger partial charge >= 0.3 is 0 Å². The SMILES string of the molecule is OC(C#Cc1ccccc1F)C1=N[C@H](c2ccccc2)CO1. The van der Waals surface area contributed by atoms with E-state index in [0.717, 1.165) is 5.56 Å². The lowest BCUT2D eigenvalue weighted by Crippen LogP contribution is -2.18. The lowest BCUT2D eigenvalue weighted by atomic mass is 10.1. The van der Waals surface area contributed by atoms with Crippen LogP contribution in [0, 0.1) is 17.7 Å². The molecule has 4 heteroatoms. The number of aliphatic hydroxyl groups is 1. The van der Waals surface area contributed by atoms with Gasteiger partial charge in [0, 0.05) is 0 Å². The first kappa shape index (κ1) is 14.3. The quantitative estimate of drug-likeness (QED) is 0.866. The van der Waals surface area contributed by atoms with E-state index in [4.69, 9.17) is 4.74 Å². The van der Waals surface area contributed by atoms with Crippen LogP contribution in [-0.4, -0.2) is 23.7 Å². The van der Waals surface area contributed by atoms with Gasteiger partial charge in [0.1, 0.15) is 18.5 Å². The van der Waals surface area contributed by atoms with Gasteiger partial charge in [0.25, 0.3) is 0 Å². The van der Waals surface area contributed by atoms with E-state index in [-0.39, 0.29) is 17.5 Å². The highest BCUT2D eigenvalue weighted by Crippen LogP contribution is 2.23. The van der Waals surface area contributed by atoms with Crippen LogP contribution in [0.15, 0.2) is 59.6 Å². The second kappa shape index (κ2) is 6.42. The van der Waals surface area contributed by atoms with E-state index < -0.39 is 11.9 Å². The molecule has 2 aromatic carbocycles. The Balaban J connectivity index is 1.74. The van der Waals surface area contributed by atoms with Crippen molar-refractivity contribution in [1.82, 2.24) is 0 Å². The van der Waals surface area contributed by atoms with Crippen LogP contribution in [0.25, 0.3) is 0 Å². The fourth-order valence-corrected chi connectivity index (χ4v) is 2.16. The smallest absolute Gasteiger partial charge is 0.226 e. The van der Waals surface area contributed by atoms with Crippen molar-refractivity contribution in [2.45, 2.75) is 12.1 Å². The second-order valence-corrected chi connectivity index (χ2v) is 4.86. The third-order valence-electron chi connectivity index (χ3n) is 3.31. The number of ether oxygens (including phenoxy) is 1. The minimum absolute atomic E-state index is 0.138. The van der Waals surface area contributed by atoms with Crippen molar-refractivity contribution in [3.8, 4) is 11.8 Å². The average molecular weight is 295 g/mol. The third kappa shape index (κ3) is 3.16. The molecule has 3 nitrogen and oxygen atoms in total. The van der Waals surface area contributed by atoms with E-state index in [1.807, 2.05) is 30.3 Å². The molecule has 0 spiro atoms. The van der Waals surface area contributed by atoms with Crippen LogP contribution in [0.1, 0.15) is 17.2 Å². The molecule has 0 amide bonds. The van der Waals surface area contributed by atoms with Gasteiger partial charge in [-0.3, -0.25) is 0 Å². The number of hydrogen-bond donors (Lipinski definition) is 1. The number of nitrogens with zero attached hydrogens (tertiary/aromatic N) is 1. The number of aliphatic hydroxyl groups excluding tert-OH is 1. The van der Waals surface area contributed by atoms with Gasteiger partial charge in [0.15, 0.2) is 6.10 Å². The molecule has 1 aliphatic rings. The summed E-state index contributed by atoms with van der Waals surface area (Å²) in [6.45, 7) is 0.373. The summed E-state index contributed by atoms with van der Waals surface area (Å²) >= 11 is 0. The van der Waals surface area contributed by atoms with E-state index in [1.165, 1.54) is 6.07 Å². The topological polar surface area (TPSA) is 41.8 Å². The maximum absolute atomic E-state index is 13.5. The molecule has 110 valence electrons. The Hall–Kier alpha value is -2.64. The molecule has 0 aromatic heterocycles. The van der Waals surface area contributed by atoms with Crippen molar-refractivity contribution in [3.63, 3.8) is 0 Å². The summed E-state index contributed by atoms with van der Waals surface area (Å²) in [6.07, 6.45) is -1.16. The van der Waals surface area contributed by atoms with Crippen molar-refractivity contribution in [2.75, 3.05) is 6.61 Å². The van der Waals surface area contributed by atoms with Crippen LogP contribution in [0.5, 0.6) is 0 Å². The van der Waals surface area contributed by atoms with Crippen molar-refractivity contribution in [3.05, 3.63) is 71.5 Å². The average Bonchev–Trinajstić information content (AvgIpc) is 3.05. The summed E-state index contributed by atoms with van der Waals surface area (Å²) in [5.74, 6) is 4.93. The normalized spacial score (nSPS) is 17.9. The Labute approximate surface area is 128 Å². The summed E-state index contributed by atoms with van der Waals surface area (Å²) in [5.41, 5.74) is 1.26. The molecule has 2 aromatic rings. The zero-order valence-electron chi connectivity index (χ0n) is 11.7. The molecule has 2 atom stereocenters. The zero-order chi connectivity index (χ0) is 15.4. The van der Waals surface area contributed by atoms with E-state index in [2.05, 4.69) is 16.8 Å². The Kier molecular flexibility index (Phi) is 4.17. The maximum Gasteiger partial charge on any atom is 0.226 e. The van der Waals surface area contributed by atoms with Crippen LogP contribution in [0.4, 0.5) is 4.39 Å². The monoisotopic (exact) mass is 295 g/mol. The highest BCUT2D eigenvalue weighted by molar-refractivity contribution is 5.85.